The second-order valence-electron chi connectivity index (χ2n) is 4.85. The van der Waals surface area contributed by atoms with Crippen LogP contribution >= 0.6 is 11.6 Å². The van der Waals surface area contributed by atoms with Crippen molar-refractivity contribution in [3.05, 3.63) is 52.6 Å². The Morgan fingerprint density at radius 3 is 2.67 bits per heavy atom. The van der Waals surface area contributed by atoms with Crippen LogP contribution < -0.4 is 4.90 Å². The molecule has 0 saturated heterocycles. The maximum absolute atomic E-state index is 12.1. The van der Waals surface area contributed by atoms with E-state index < -0.39 is 0 Å². The van der Waals surface area contributed by atoms with Crippen LogP contribution in [-0.2, 0) is 17.8 Å². The summed E-state index contributed by atoms with van der Waals surface area (Å²) in [5.41, 5.74) is 3.63. The van der Waals surface area contributed by atoms with Crippen LogP contribution in [0.4, 0.5) is 5.69 Å². The molecular formula is C16H18ClN3O. The molecule has 110 valence electrons. The number of amides is 1. The molecule has 0 N–H and O–H groups in total. The van der Waals surface area contributed by atoms with Crippen molar-refractivity contribution < 1.29 is 4.79 Å². The molecule has 0 radical (unpaired) electrons. The number of anilines is 1. The number of rotatable bonds is 4. The Kier molecular flexibility index (Phi) is 4.91. The van der Waals surface area contributed by atoms with Gasteiger partial charge < -0.3 is 4.90 Å². The molecule has 0 aliphatic heterocycles. The highest BCUT2D eigenvalue weighted by molar-refractivity contribution is 6.32. The number of hydrogen-bond donors (Lipinski definition) is 0. The Bertz CT molecular complexity index is 643. The third-order valence-electron chi connectivity index (χ3n) is 3.37. The van der Waals surface area contributed by atoms with E-state index in [1.807, 2.05) is 26.0 Å². The molecule has 0 bridgehead atoms. The van der Waals surface area contributed by atoms with Crippen LogP contribution in [0, 0.1) is 6.92 Å². The molecule has 1 aromatic heterocycles. The van der Waals surface area contributed by atoms with Crippen LogP contribution in [0.15, 0.2) is 30.7 Å². The number of nitrogens with zero attached hydrogens (tertiary/aromatic N) is 3. The first-order chi connectivity index (χ1) is 10.0. The monoisotopic (exact) mass is 303 g/mol. The molecule has 0 aliphatic rings. The smallest absolute Gasteiger partial charge is 0.224 e. The zero-order valence-corrected chi connectivity index (χ0v) is 13.2. The highest BCUT2D eigenvalue weighted by Gasteiger charge is 2.20. The Morgan fingerprint density at radius 1 is 1.33 bits per heavy atom. The second kappa shape index (κ2) is 6.68. The normalized spacial score (nSPS) is 10.5. The van der Waals surface area contributed by atoms with Crippen LogP contribution in [0.3, 0.4) is 0 Å². The van der Waals surface area contributed by atoms with Crippen LogP contribution in [0.2, 0.25) is 5.02 Å². The van der Waals surface area contributed by atoms with Gasteiger partial charge in [-0.1, -0.05) is 24.6 Å². The number of hydrogen-bond acceptors (Lipinski definition) is 3. The SMILES string of the molecule is CCc1c(Cl)ccc(C)c1N(Cc1cnccn1)C(C)=O. The van der Waals surface area contributed by atoms with E-state index in [1.54, 1.807) is 30.4 Å². The maximum atomic E-state index is 12.1. The maximum Gasteiger partial charge on any atom is 0.224 e. The average molecular weight is 304 g/mol. The molecule has 0 fully saturated rings. The minimum Gasteiger partial charge on any atom is -0.306 e. The molecule has 0 atom stereocenters. The standard InChI is InChI=1S/C16H18ClN3O/c1-4-14-15(17)6-5-11(2)16(14)20(12(3)21)10-13-9-18-7-8-19-13/h5-9H,4,10H2,1-3H3. The van der Waals surface area contributed by atoms with E-state index in [2.05, 4.69) is 9.97 Å². The van der Waals surface area contributed by atoms with E-state index in [9.17, 15) is 4.79 Å². The summed E-state index contributed by atoms with van der Waals surface area (Å²) in [5.74, 6) is -0.0410. The second-order valence-corrected chi connectivity index (χ2v) is 5.25. The van der Waals surface area contributed by atoms with Gasteiger partial charge in [0, 0.05) is 24.3 Å². The summed E-state index contributed by atoms with van der Waals surface area (Å²) < 4.78 is 0. The van der Waals surface area contributed by atoms with E-state index in [4.69, 9.17) is 11.6 Å². The van der Waals surface area contributed by atoms with Crippen LogP contribution in [0.1, 0.15) is 30.7 Å². The summed E-state index contributed by atoms with van der Waals surface area (Å²) in [5, 5.41) is 0.684. The molecule has 2 aromatic rings. The molecule has 4 nitrogen and oxygen atoms in total. The van der Waals surface area contributed by atoms with Crippen LogP contribution in [-0.4, -0.2) is 15.9 Å². The highest BCUT2D eigenvalue weighted by Crippen LogP contribution is 2.32. The molecule has 21 heavy (non-hydrogen) atoms. The Hall–Kier alpha value is -1.94. The zero-order valence-electron chi connectivity index (χ0n) is 12.4. The van der Waals surface area contributed by atoms with Gasteiger partial charge in [-0.2, -0.15) is 0 Å². The van der Waals surface area contributed by atoms with Gasteiger partial charge in [-0.3, -0.25) is 14.8 Å². The van der Waals surface area contributed by atoms with E-state index in [-0.39, 0.29) is 5.91 Å². The molecule has 1 amide bonds. The van der Waals surface area contributed by atoms with Crippen molar-refractivity contribution in [3.8, 4) is 0 Å². The lowest BCUT2D eigenvalue weighted by Crippen LogP contribution is -2.30. The summed E-state index contributed by atoms with van der Waals surface area (Å²) in [7, 11) is 0. The van der Waals surface area contributed by atoms with Gasteiger partial charge in [0.25, 0.3) is 0 Å². The van der Waals surface area contributed by atoms with Gasteiger partial charge in [0.2, 0.25) is 5.91 Å². The van der Waals surface area contributed by atoms with E-state index in [0.717, 1.165) is 28.9 Å². The number of aryl methyl sites for hydroxylation is 1. The van der Waals surface area contributed by atoms with Gasteiger partial charge in [-0.05, 0) is 30.5 Å². The molecule has 0 spiro atoms. The van der Waals surface area contributed by atoms with Crippen molar-refractivity contribution in [1.29, 1.82) is 0 Å². The molecule has 0 aliphatic carbocycles. The molecular weight excluding hydrogens is 286 g/mol. The largest absolute Gasteiger partial charge is 0.306 e. The van der Waals surface area contributed by atoms with Crippen molar-refractivity contribution in [1.82, 2.24) is 9.97 Å². The Balaban J connectivity index is 2.49. The minimum absolute atomic E-state index is 0.0410. The van der Waals surface area contributed by atoms with Crippen LogP contribution in [0.5, 0.6) is 0 Å². The molecule has 0 unspecified atom stereocenters. The summed E-state index contributed by atoms with van der Waals surface area (Å²) in [4.78, 5) is 22.1. The number of carbonyl (C=O) groups excluding carboxylic acids is 1. The summed E-state index contributed by atoms with van der Waals surface area (Å²) in [6, 6.07) is 3.81. The summed E-state index contributed by atoms with van der Waals surface area (Å²) in [6.45, 7) is 5.95. The van der Waals surface area contributed by atoms with Crippen molar-refractivity contribution in [2.75, 3.05) is 4.90 Å². The van der Waals surface area contributed by atoms with Crippen molar-refractivity contribution in [2.45, 2.75) is 33.7 Å². The first-order valence-corrected chi connectivity index (χ1v) is 7.23. The van der Waals surface area contributed by atoms with E-state index in [0.29, 0.717) is 11.6 Å². The van der Waals surface area contributed by atoms with E-state index >= 15 is 0 Å². The lowest BCUT2D eigenvalue weighted by Gasteiger charge is -2.26. The Labute approximate surface area is 129 Å². The lowest BCUT2D eigenvalue weighted by molar-refractivity contribution is -0.116. The predicted octanol–water partition coefficient (Wildman–Crippen LogP) is 3.55. The molecule has 1 heterocycles. The van der Waals surface area contributed by atoms with Gasteiger partial charge in [0.05, 0.1) is 24.1 Å². The summed E-state index contributed by atoms with van der Waals surface area (Å²) >= 11 is 6.29. The first-order valence-electron chi connectivity index (χ1n) is 6.85. The first kappa shape index (κ1) is 15.4. The quantitative estimate of drug-likeness (QED) is 0.867. The fourth-order valence-corrected chi connectivity index (χ4v) is 2.65. The van der Waals surface area contributed by atoms with Crippen molar-refractivity contribution in [3.63, 3.8) is 0 Å². The third-order valence-corrected chi connectivity index (χ3v) is 3.72. The average Bonchev–Trinajstić information content (AvgIpc) is 2.48. The fourth-order valence-electron chi connectivity index (χ4n) is 2.36. The molecule has 1 aromatic carbocycles. The van der Waals surface area contributed by atoms with E-state index in [1.165, 1.54) is 0 Å². The van der Waals surface area contributed by atoms with Gasteiger partial charge in [0.1, 0.15) is 0 Å². The van der Waals surface area contributed by atoms with Gasteiger partial charge in [-0.15, -0.1) is 0 Å². The predicted molar refractivity (Wildman–Crippen MR) is 84.5 cm³/mol. The summed E-state index contributed by atoms with van der Waals surface area (Å²) in [6.07, 6.45) is 5.67. The number of carbonyl (C=O) groups is 1. The van der Waals surface area contributed by atoms with Crippen molar-refractivity contribution >= 4 is 23.2 Å². The van der Waals surface area contributed by atoms with Crippen LogP contribution in [0.25, 0.3) is 0 Å². The number of halogens is 1. The fraction of sp³-hybridized carbons (Fsp3) is 0.312. The van der Waals surface area contributed by atoms with Gasteiger partial charge >= 0.3 is 0 Å². The van der Waals surface area contributed by atoms with Gasteiger partial charge in [-0.25, -0.2) is 0 Å². The Morgan fingerprint density at radius 2 is 2.10 bits per heavy atom. The highest BCUT2D eigenvalue weighted by atomic mass is 35.5. The molecule has 0 saturated carbocycles. The van der Waals surface area contributed by atoms with Gasteiger partial charge in [0.15, 0.2) is 0 Å². The minimum atomic E-state index is -0.0410. The number of benzene rings is 1. The molecule has 5 heteroatoms. The number of aromatic nitrogens is 2. The topological polar surface area (TPSA) is 46.1 Å². The lowest BCUT2D eigenvalue weighted by atomic mass is 10.0. The molecule has 2 rings (SSSR count). The zero-order chi connectivity index (χ0) is 15.4. The third kappa shape index (κ3) is 3.39. The van der Waals surface area contributed by atoms with Crippen molar-refractivity contribution in [2.24, 2.45) is 0 Å².